The van der Waals surface area contributed by atoms with Gasteiger partial charge in [-0.2, -0.15) is 0 Å². The van der Waals surface area contributed by atoms with Gasteiger partial charge < -0.3 is 0 Å². The Morgan fingerprint density at radius 3 is 1.74 bits per heavy atom. The Bertz CT molecular complexity index is 776. The molecule has 0 aromatic heterocycles. The maximum absolute atomic E-state index is 12.6. The summed E-state index contributed by atoms with van der Waals surface area (Å²) >= 11 is 0. The zero-order valence-corrected chi connectivity index (χ0v) is 12.6. The van der Waals surface area contributed by atoms with E-state index in [4.69, 9.17) is 0 Å². The van der Waals surface area contributed by atoms with Crippen molar-refractivity contribution in [3.63, 3.8) is 0 Å². The van der Waals surface area contributed by atoms with E-state index in [1.165, 1.54) is 9.80 Å². The zero-order chi connectivity index (χ0) is 16.4. The van der Waals surface area contributed by atoms with Gasteiger partial charge in [0.15, 0.2) is 0 Å². The van der Waals surface area contributed by atoms with Crippen LogP contribution in [-0.2, 0) is 4.79 Å². The number of amides is 3. The van der Waals surface area contributed by atoms with Crippen LogP contribution in [0, 0.1) is 0 Å². The minimum atomic E-state index is -0.340. The van der Waals surface area contributed by atoms with Crippen LogP contribution in [0.1, 0.15) is 11.1 Å². The molecule has 2 aromatic carbocycles. The van der Waals surface area contributed by atoms with E-state index in [0.29, 0.717) is 11.4 Å². The highest BCUT2D eigenvalue weighted by atomic mass is 16.2. The van der Waals surface area contributed by atoms with Crippen molar-refractivity contribution in [1.29, 1.82) is 0 Å². The summed E-state index contributed by atoms with van der Waals surface area (Å²) in [6, 6.07) is 14.2. The van der Waals surface area contributed by atoms with Crippen LogP contribution in [0.5, 0.6) is 0 Å². The van der Waals surface area contributed by atoms with Crippen molar-refractivity contribution in [1.82, 2.24) is 0 Å². The number of urea groups is 1. The molecule has 0 spiro atoms. The molecule has 0 bridgehead atoms. The molecule has 1 aliphatic rings. The van der Waals surface area contributed by atoms with Crippen molar-refractivity contribution in [2.45, 2.75) is 0 Å². The van der Waals surface area contributed by atoms with Gasteiger partial charge in [0.2, 0.25) is 0 Å². The summed E-state index contributed by atoms with van der Waals surface area (Å²) in [5.74, 6) is -0.242. The minimum absolute atomic E-state index is 0.0372. The topological polar surface area (TPSA) is 40.6 Å². The zero-order valence-electron chi connectivity index (χ0n) is 12.6. The van der Waals surface area contributed by atoms with E-state index < -0.39 is 0 Å². The number of benzene rings is 2. The molecule has 0 radical (unpaired) electrons. The first-order valence-corrected chi connectivity index (χ1v) is 7.23. The lowest BCUT2D eigenvalue weighted by atomic mass is 10.2. The van der Waals surface area contributed by atoms with E-state index in [1.807, 2.05) is 36.4 Å². The van der Waals surface area contributed by atoms with E-state index in [-0.39, 0.29) is 18.5 Å². The Balaban J connectivity index is 1.89. The van der Waals surface area contributed by atoms with Gasteiger partial charge in [-0.25, -0.2) is 9.69 Å². The highest BCUT2D eigenvalue weighted by Crippen LogP contribution is 2.26. The lowest BCUT2D eigenvalue weighted by molar-refractivity contribution is -0.115. The molecule has 4 heteroatoms. The number of imide groups is 1. The van der Waals surface area contributed by atoms with Crippen LogP contribution < -0.4 is 9.80 Å². The highest BCUT2D eigenvalue weighted by molar-refractivity contribution is 6.26. The van der Waals surface area contributed by atoms with Gasteiger partial charge >= 0.3 is 6.03 Å². The second-order valence-electron chi connectivity index (χ2n) is 5.19. The molecule has 114 valence electrons. The molecule has 0 N–H and O–H groups in total. The molecule has 3 rings (SSSR count). The van der Waals surface area contributed by atoms with Gasteiger partial charge in [0, 0.05) is 5.69 Å². The number of carbonyl (C=O) groups excluding carboxylic acids is 2. The van der Waals surface area contributed by atoms with Crippen LogP contribution in [0.25, 0.3) is 12.2 Å². The van der Waals surface area contributed by atoms with Gasteiger partial charge in [0.25, 0.3) is 5.91 Å². The quantitative estimate of drug-likeness (QED) is 0.803. The monoisotopic (exact) mass is 304 g/mol. The summed E-state index contributed by atoms with van der Waals surface area (Å²) in [6.45, 7) is 7.43. The molecule has 0 unspecified atom stereocenters. The Labute approximate surface area is 135 Å². The first-order chi connectivity index (χ1) is 11.1. The molecule has 3 amide bonds. The van der Waals surface area contributed by atoms with Gasteiger partial charge in [0.1, 0.15) is 6.54 Å². The maximum Gasteiger partial charge on any atom is 0.336 e. The summed E-state index contributed by atoms with van der Waals surface area (Å²) in [5.41, 5.74) is 3.16. The number of carbonyl (C=O) groups is 2. The molecule has 0 saturated carbocycles. The molecular weight excluding hydrogens is 288 g/mol. The first kappa shape index (κ1) is 14.8. The fourth-order valence-corrected chi connectivity index (χ4v) is 2.51. The predicted octanol–water partition coefficient (Wildman–Crippen LogP) is 3.95. The summed E-state index contributed by atoms with van der Waals surface area (Å²) in [5, 5.41) is 0. The molecule has 23 heavy (non-hydrogen) atoms. The second-order valence-corrected chi connectivity index (χ2v) is 5.19. The molecule has 2 aromatic rings. The van der Waals surface area contributed by atoms with Gasteiger partial charge in [-0.1, -0.05) is 49.6 Å². The van der Waals surface area contributed by atoms with E-state index in [2.05, 4.69) is 13.2 Å². The van der Waals surface area contributed by atoms with Crippen molar-refractivity contribution in [3.05, 3.63) is 72.8 Å². The van der Waals surface area contributed by atoms with Crippen molar-refractivity contribution >= 4 is 35.5 Å². The third kappa shape index (κ3) is 2.66. The molecule has 0 aliphatic carbocycles. The SMILES string of the molecule is C=Cc1ccc(N2CC(=O)N(c3ccc(C=C)cc3)C2=O)cc1. The smallest absolute Gasteiger partial charge is 0.284 e. The normalized spacial score (nSPS) is 14.3. The fraction of sp³-hybridized carbons (Fsp3) is 0.0526. The van der Waals surface area contributed by atoms with Crippen LogP contribution in [0.15, 0.2) is 61.7 Å². The Morgan fingerprint density at radius 2 is 1.26 bits per heavy atom. The summed E-state index contributed by atoms with van der Waals surface area (Å²) < 4.78 is 0. The maximum atomic E-state index is 12.6. The predicted molar refractivity (Wildman–Crippen MR) is 93.3 cm³/mol. The molecule has 1 fully saturated rings. The molecule has 1 aliphatic heterocycles. The van der Waals surface area contributed by atoms with Gasteiger partial charge in [0.05, 0.1) is 5.69 Å². The van der Waals surface area contributed by atoms with Crippen molar-refractivity contribution in [2.75, 3.05) is 16.3 Å². The van der Waals surface area contributed by atoms with Crippen molar-refractivity contribution in [2.24, 2.45) is 0 Å². The lowest BCUT2D eigenvalue weighted by Crippen LogP contribution is -2.32. The number of nitrogens with zero attached hydrogens (tertiary/aromatic N) is 2. The van der Waals surface area contributed by atoms with Crippen molar-refractivity contribution < 1.29 is 9.59 Å². The Morgan fingerprint density at radius 1 is 0.783 bits per heavy atom. The van der Waals surface area contributed by atoms with Crippen LogP contribution in [0.4, 0.5) is 16.2 Å². The van der Waals surface area contributed by atoms with Crippen LogP contribution in [-0.4, -0.2) is 18.5 Å². The molecule has 1 saturated heterocycles. The third-order valence-corrected chi connectivity index (χ3v) is 3.79. The van der Waals surface area contributed by atoms with Crippen molar-refractivity contribution in [3.8, 4) is 0 Å². The van der Waals surface area contributed by atoms with Crippen LogP contribution >= 0.6 is 0 Å². The summed E-state index contributed by atoms with van der Waals surface area (Å²) in [7, 11) is 0. The second kappa shape index (κ2) is 5.93. The van der Waals surface area contributed by atoms with Crippen LogP contribution in [0.3, 0.4) is 0 Å². The summed E-state index contributed by atoms with van der Waals surface area (Å²) in [4.78, 5) is 27.6. The highest BCUT2D eigenvalue weighted by Gasteiger charge is 2.37. The van der Waals surface area contributed by atoms with Gasteiger partial charge in [-0.15, -0.1) is 0 Å². The van der Waals surface area contributed by atoms with Gasteiger partial charge in [-0.3, -0.25) is 9.69 Å². The number of hydrogen-bond donors (Lipinski definition) is 0. The first-order valence-electron chi connectivity index (χ1n) is 7.23. The van der Waals surface area contributed by atoms with E-state index in [0.717, 1.165) is 11.1 Å². The Kier molecular flexibility index (Phi) is 3.81. The Hall–Kier alpha value is -3.14. The fourth-order valence-electron chi connectivity index (χ4n) is 2.51. The van der Waals surface area contributed by atoms with Crippen LogP contribution in [0.2, 0.25) is 0 Å². The van der Waals surface area contributed by atoms with E-state index in [9.17, 15) is 9.59 Å². The van der Waals surface area contributed by atoms with Gasteiger partial charge in [-0.05, 0) is 35.4 Å². The largest absolute Gasteiger partial charge is 0.336 e. The third-order valence-electron chi connectivity index (χ3n) is 3.79. The molecular formula is C19H16N2O2. The lowest BCUT2D eigenvalue weighted by Gasteiger charge is -2.17. The number of anilines is 2. The van der Waals surface area contributed by atoms with E-state index >= 15 is 0 Å². The average Bonchev–Trinajstić information content (AvgIpc) is 2.89. The summed E-state index contributed by atoms with van der Waals surface area (Å²) in [6.07, 6.45) is 3.44. The standard InChI is InChI=1S/C19H16N2O2/c1-3-14-5-9-16(10-6-14)20-13-18(22)21(19(20)23)17-11-7-15(4-2)8-12-17/h3-12H,1-2,13H2. The molecule has 1 heterocycles. The number of hydrogen-bond acceptors (Lipinski definition) is 2. The van der Waals surface area contributed by atoms with E-state index in [1.54, 1.807) is 24.3 Å². The average molecular weight is 304 g/mol. The minimum Gasteiger partial charge on any atom is -0.284 e. The molecule has 4 nitrogen and oxygen atoms in total. The molecule has 0 atom stereocenters. The number of rotatable bonds is 4.